The predicted molar refractivity (Wildman–Crippen MR) is 75.5 cm³/mol. The summed E-state index contributed by atoms with van der Waals surface area (Å²) in [5, 5.41) is 7.94. The van der Waals surface area contributed by atoms with Gasteiger partial charge >= 0.3 is 0 Å². The molecule has 2 aliphatic carbocycles. The summed E-state index contributed by atoms with van der Waals surface area (Å²) in [6.07, 6.45) is 7.54. The van der Waals surface area contributed by atoms with Crippen molar-refractivity contribution in [2.45, 2.75) is 52.6 Å². The fraction of sp³-hybridized carbons (Fsp3) is 0.867. The van der Waals surface area contributed by atoms with Gasteiger partial charge in [-0.25, -0.2) is 9.67 Å². The summed E-state index contributed by atoms with van der Waals surface area (Å²) in [6, 6.07) is 0. The monoisotopic (exact) mass is 262 g/mol. The molecule has 4 heteroatoms. The first kappa shape index (κ1) is 13.1. The highest BCUT2D eigenvalue weighted by molar-refractivity contribution is 4.93. The van der Waals surface area contributed by atoms with E-state index in [2.05, 4.69) is 29.2 Å². The van der Waals surface area contributed by atoms with Gasteiger partial charge in [-0.2, -0.15) is 5.10 Å². The van der Waals surface area contributed by atoms with Crippen LogP contribution in [-0.4, -0.2) is 21.3 Å². The summed E-state index contributed by atoms with van der Waals surface area (Å²) in [7, 11) is 0. The van der Waals surface area contributed by atoms with Gasteiger partial charge in [-0.05, 0) is 55.9 Å². The van der Waals surface area contributed by atoms with Gasteiger partial charge in [0.15, 0.2) is 0 Å². The molecular weight excluding hydrogens is 236 g/mol. The van der Waals surface area contributed by atoms with E-state index in [1.165, 1.54) is 32.2 Å². The Labute approximate surface area is 116 Å². The molecule has 106 valence electrons. The predicted octanol–water partition coefficient (Wildman–Crippen LogP) is 2.46. The van der Waals surface area contributed by atoms with Crippen LogP contribution in [0, 0.1) is 23.7 Å². The van der Waals surface area contributed by atoms with E-state index in [0.717, 1.165) is 36.7 Å². The number of hydrogen-bond donors (Lipinski definition) is 1. The van der Waals surface area contributed by atoms with Gasteiger partial charge in [0.25, 0.3) is 0 Å². The van der Waals surface area contributed by atoms with Gasteiger partial charge in [0, 0.05) is 6.54 Å². The largest absolute Gasteiger partial charge is 0.310 e. The summed E-state index contributed by atoms with van der Waals surface area (Å²) < 4.78 is 2.04. The lowest BCUT2D eigenvalue weighted by Crippen LogP contribution is -2.27. The van der Waals surface area contributed by atoms with E-state index >= 15 is 0 Å². The van der Waals surface area contributed by atoms with Gasteiger partial charge in [0.2, 0.25) is 0 Å². The lowest BCUT2D eigenvalue weighted by molar-refractivity contribution is 0.371. The van der Waals surface area contributed by atoms with Crippen molar-refractivity contribution >= 4 is 0 Å². The molecule has 0 aromatic carbocycles. The summed E-state index contributed by atoms with van der Waals surface area (Å²) in [5.74, 6) is 4.67. The van der Waals surface area contributed by atoms with Crippen LogP contribution >= 0.6 is 0 Å². The molecule has 0 bridgehead atoms. The maximum Gasteiger partial charge on any atom is 0.140 e. The normalized spacial score (nSPS) is 19.6. The van der Waals surface area contributed by atoms with Gasteiger partial charge < -0.3 is 5.32 Å². The fourth-order valence-corrected chi connectivity index (χ4v) is 3.04. The maximum absolute atomic E-state index is 4.38. The van der Waals surface area contributed by atoms with E-state index in [1.807, 2.05) is 4.68 Å². The second kappa shape index (κ2) is 5.61. The van der Waals surface area contributed by atoms with Crippen molar-refractivity contribution in [1.29, 1.82) is 0 Å². The molecule has 1 aromatic rings. The van der Waals surface area contributed by atoms with E-state index in [1.54, 1.807) is 6.33 Å². The van der Waals surface area contributed by atoms with Crippen molar-refractivity contribution in [3.05, 3.63) is 12.2 Å². The molecule has 0 unspecified atom stereocenters. The molecule has 0 aliphatic heterocycles. The van der Waals surface area contributed by atoms with Crippen molar-refractivity contribution < 1.29 is 0 Å². The summed E-state index contributed by atoms with van der Waals surface area (Å²) in [5.41, 5.74) is 0. The SMILES string of the molecule is CC(C)Cn1ncnc1CNCC(C1CC1)C1CC1. The van der Waals surface area contributed by atoms with Crippen LogP contribution in [0.1, 0.15) is 45.4 Å². The van der Waals surface area contributed by atoms with Crippen LogP contribution in [0.5, 0.6) is 0 Å². The van der Waals surface area contributed by atoms with E-state index in [9.17, 15) is 0 Å². The average molecular weight is 262 g/mol. The first-order valence-corrected chi connectivity index (χ1v) is 7.81. The molecule has 3 rings (SSSR count). The molecular formula is C15H26N4. The van der Waals surface area contributed by atoms with Gasteiger partial charge in [-0.15, -0.1) is 0 Å². The Hall–Kier alpha value is -0.900. The highest BCUT2D eigenvalue weighted by Crippen LogP contribution is 2.48. The standard InChI is InChI=1S/C15H26N4/c1-11(2)9-19-15(17-10-18-19)8-16-7-14(12-3-4-12)13-5-6-13/h10-14,16H,3-9H2,1-2H3. The van der Waals surface area contributed by atoms with Crippen molar-refractivity contribution in [1.82, 2.24) is 20.1 Å². The minimum absolute atomic E-state index is 0.617. The number of nitrogens with one attached hydrogen (secondary N) is 1. The Balaban J connectivity index is 1.47. The van der Waals surface area contributed by atoms with Gasteiger partial charge in [0.05, 0.1) is 6.54 Å². The molecule has 0 saturated heterocycles. The summed E-state index contributed by atoms with van der Waals surface area (Å²) in [6.45, 7) is 7.43. The zero-order chi connectivity index (χ0) is 13.2. The topological polar surface area (TPSA) is 42.7 Å². The van der Waals surface area contributed by atoms with Crippen LogP contribution in [0.2, 0.25) is 0 Å². The quantitative estimate of drug-likeness (QED) is 0.782. The summed E-state index contributed by atoms with van der Waals surface area (Å²) >= 11 is 0. The Kier molecular flexibility index (Phi) is 3.87. The second-order valence-corrected chi connectivity index (χ2v) is 6.72. The van der Waals surface area contributed by atoms with E-state index in [-0.39, 0.29) is 0 Å². The van der Waals surface area contributed by atoms with E-state index < -0.39 is 0 Å². The van der Waals surface area contributed by atoms with Crippen LogP contribution < -0.4 is 5.32 Å². The van der Waals surface area contributed by atoms with Crippen LogP contribution in [0.25, 0.3) is 0 Å². The van der Waals surface area contributed by atoms with E-state index in [0.29, 0.717) is 5.92 Å². The zero-order valence-corrected chi connectivity index (χ0v) is 12.2. The number of nitrogens with zero attached hydrogens (tertiary/aromatic N) is 3. The maximum atomic E-state index is 4.38. The van der Waals surface area contributed by atoms with Crippen molar-refractivity contribution in [3.63, 3.8) is 0 Å². The molecule has 1 heterocycles. The lowest BCUT2D eigenvalue weighted by Gasteiger charge is -2.16. The molecule has 2 aliphatic rings. The molecule has 2 saturated carbocycles. The molecule has 19 heavy (non-hydrogen) atoms. The first-order chi connectivity index (χ1) is 9.24. The molecule has 4 nitrogen and oxygen atoms in total. The highest BCUT2D eigenvalue weighted by atomic mass is 15.3. The third-order valence-corrected chi connectivity index (χ3v) is 4.35. The fourth-order valence-electron chi connectivity index (χ4n) is 3.04. The van der Waals surface area contributed by atoms with Crippen molar-refractivity contribution in [3.8, 4) is 0 Å². The molecule has 1 N–H and O–H groups in total. The second-order valence-electron chi connectivity index (χ2n) is 6.72. The molecule has 1 aromatic heterocycles. The van der Waals surface area contributed by atoms with Crippen molar-refractivity contribution in [2.24, 2.45) is 23.7 Å². The van der Waals surface area contributed by atoms with Crippen LogP contribution in [0.15, 0.2) is 6.33 Å². The first-order valence-electron chi connectivity index (χ1n) is 7.81. The van der Waals surface area contributed by atoms with Gasteiger partial charge in [-0.3, -0.25) is 0 Å². The Morgan fingerprint density at radius 2 is 1.95 bits per heavy atom. The third-order valence-electron chi connectivity index (χ3n) is 4.35. The van der Waals surface area contributed by atoms with E-state index in [4.69, 9.17) is 0 Å². The highest BCUT2D eigenvalue weighted by Gasteiger charge is 2.40. The van der Waals surface area contributed by atoms with Gasteiger partial charge in [0.1, 0.15) is 12.2 Å². The molecule has 0 amide bonds. The minimum atomic E-state index is 0.617. The average Bonchev–Trinajstić information content (AvgIpc) is 3.26. The molecule has 0 spiro atoms. The Morgan fingerprint density at radius 3 is 2.53 bits per heavy atom. The zero-order valence-electron chi connectivity index (χ0n) is 12.2. The summed E-state index contributed by atoms with van der Waals surface area (Å²) in [4.78, 5) is 4.38. The van der Waals surface area contributed by atoms with Crippen LogP contribution in [-0.2, 0) is 13.1 Å². The number of aromatic nitrogens is 3. The van der Waals surface area contributed by atoms with Crippen LogP contribution in [0.4, 0.5) is 0 Å². The van der Waals surface area contributed by atoms with Gasteiger partial charge in [-0.1, -0.05) is 13.8 Å². The number of rotatable bonds is 8. The Morgan fingerprint density at radius 1 is 1.26 bits per heavy atom. The molecule has 2 fully saturated rings. The number of hydrogen-bond acceptors (Lipinski definition) is 3. The lowest BCUT2D eigenvalue weighted by atomic mass is 9.98. The third kappa shape index (κ3) is 3.56. The van der Waals surface area contributed by atoms with Crippen LogP contribution in [0.3, 0.4) is 0 Å². The minimum Gasteiger partial charge on any atom is -0.310 e. The Bertz CT molecular complexity index is 392. The molecule has 0 atom stereocenters. The van der Waals surface area contributed by atoms with Crippen molar-refractivity contribution in [2.75, 3.05) is 6.54 Å². The molecule has 0 radical (unpaired) electrons. The smallest absolute Gasteiger partial charge is 0.140 e.